The van der Waals surface area contributed by atoms with E-state index in [1.54, 1.807) is 6.07 Å². The van der Waals surface area contributed by atoms with Crippen LogP contribution in [0.4, 0.5) is 11.6 Å². The first-order valence-electron chi connectivity index (χ1n) is 21.8. The normalized spacial score (nSPS) is 16.7. The molecule has 63 heavy (non-hydrogen) atoms. The second-order valence-corrected chi connectivity index (χ2v) is 16.1. The maximum atomic E-state index is 13.3. The molecule has 4 aromatic rings. The van der Waals surface area contributed by atoms with E-state index >= 15 is 0 Å². The minimum atomic E-state index is -0.982. The molecule has 7 rings (SSSR count). The van der Waals surface area contributed by atoms with E-state index in [4.69, 9.17) is 25.4 Å². The number of fused-ring (bicyclic) bond motifs is 1. The summed E-state index contributed by atoms with van der Waals surface area (Å²) in [4.78, 5) is 64.3. The topological polar surface area (TPSA) is 205 Å². The lowest BCUT2D eigenvalue weighted by molar-refractivity contribution is -0.121. The van der Waals surface area contributed by atoms with E-state index in [1.807, 2.05) is 66.7 Å². The number of aromatic nitrogens is 2. The fourth-order valence-corrected chi connectivity index (χ4v) is 8.40. The summed E-state index contributed by atoms with van der Waals surface area (Å²) < 4.78 is 17.7. The number of likely N-dealkylation sites (tertiary alicyclic amines) is 2. The molecule has 2 fully saturated rings. The minimum Gasteiger partial charge on any atom is -0.457 e. The number of nitrogens with one attached hydrogen (secondary N) is 3. The molecular weight excluding hydrogens is 803 g/mol. The van der Waals surface area contributed by atoms with Crippen LogP contribution >= 0.6 is 0 Å². The lowest BCUT2D eigenvalue weighted by atomic mass is 9.88. The Kier molecular flexibility index (Phi) is 15.6. The number of piperidine rings is 2. The second-order valence-electron chi connectivity index (χ2n) is 16.1. The number of hydrogen-bond acceptors (Lipinski definition) is 14. The van der Waals surface area contributed by atoms with E-state index in [9.17, 15) is 19.2 Å². The molecule has 3 aromatic carbocycles. The Morgan fingerprint density at radius 3 is 2.13 bits per heavy atom. The van der Waals surface area contributed by atoms with E-state index in [0.29, 0.717) is 66.5 Å². The quantitative estimate of drug-likeness (QED) is 0.0387. The van der Waals surface area contributed by atoms with Crippen LogP contribution in [0.2, 0.25) is 0 Å². The molecule has 3 aliphatic heterocycles. The first-order valence-corrected chi connectivity index (χ1v) is 21.8. The average Bonchev–Trinajstić information content (AvgIpc) is 3.56. The molecule has 0 radical (unpaired) electrons. The fourth-order valence-electron chi connectivity index (χ4n) is 8.40. The number of ether oxygens (including phenoxy) is 3. The van der Waals surface area contributed by atoms with Crippen LogP contribution in [0.5, 0.6) is 11.5 Å². The minimum absolute atomic E-state index is 0.0440. The van der Waals surface area contributed by atoms with E-state index in [0.717, 1.165) is 81.2 Å². The number of hydrogen-bond donors (Lipinski definition) is 4. The zero-order valence-electron chi connectivity index (χ0n) is 35.8. The third-order valence-corrected chi connectivity index (χ3v) is 12.1. The van der Waals surface area contributed by atoms with Crippen molar-refractivity contribution in [3.05, 3.63) is 107 Å². The van der Waals surface area contributed by atoms with Gasteiger partial charge in [-0.25, -0.2) is 9.97 Å². The van der Waals surface area contributed by atoms with Gasteiger partial charge in [-0.3, -0.25) is 24.7 Å². The predicted molar refractivity (Wildman–Crippen MR) is 239 cm³/mol. The van der Waals surface area contributed by atoms with Crippen molar-refractivity contribution in [2.75, 3.05) is 83.8 Å². The molecule has 4 heterocycles. The van der Waals surface area contributed by atoms with Crippen molar-refractivity contribution in [2.45, 2.75) is 56.5 Å². The van der Waals surface area contributed by atoms with Crippen LogP contribution in [0.15, 0.2) is 79.1 Å². The Morgan fingerprint density at radius 1 is 0.841 bits per heavy atom. The summed E-state index contributed by atoms with van der Waals surface area (Å²) in [6.45, 7) is 7.61. The van der Waals surface area contributed by atoms with Gasteiger partial charge in [0.1, 0.15) is 35.7 Å². The third kappa shape index (κ3) is 11.5. The average molecular weight is 860 g/mol. The van der Waals surface area contributed by atoms with Gasteiger partial charge in [0.15, 0.2) is 0 Å². The lowest BCUT2D eigenvalue weighted by Gasteiger charge is -2.33. The predicted octanol–water partition coefficient (Wildman–Crippen LogP) is 4.75. The summed E-state index contributed by atoms with van der Waals surface area (Å²) in [6.07, 6.45) is 5.81. The third-order valence-electron chi connectivity index (χ3n) is 12.1. The van der Waals surface area contributed by atoms with Gasteiger partial charge in [-0.15, -0.1) is 0 Å². The number of nitrogens with zero attached hydrogens (tertiary/aromatic N) is 5. The first-order chi connectivity index (χ1) is 30.7. The number of anilines is 2. The van der Waals surface area contributed by atoms with Gasteiger partial charge in [0.25, 0.3) is 11.8 Å². The number of carbonyl (C=O) groups is 4. The van der Waals surface area contributed by atoms with Crippen LogP contribution in [-0.4, -0.2) is 139 Å². The molecule has 0 bridgehead atoms. The van der Waals surface area contributed by atoms with Crippen LogP contribution in [0.3, 0.4) is 0 Å². The van der Waals surface area contributed by atoms with Crippen LogP contribution in [0, 0.1) is 5.41 Å². The van der Waals surface area contributed by atoms with Gasteiger partial charge in [0, 0.05) is 51.3 Å². The Hall–Kier alpha value is -6.07. The molecule has 1 unspecified atom stereocenters. The van der Waals surface area contributed by atoms with Gasteiger partial charge < -0.3 is 45.2 Å². The zero-order valence-corrected chi connectivity index (χ0v) is 35.8. The second kappa shape index (κ2) is 21.8. The zero-order chi connectivity index (χ0) is 44.1. The fraction of sp³-hybridized carbons (Fsp3) is 0.426. The van der Waals surface area contributed by atoms with E-state index in [-0.39, 0.29) is 42.2 Å². The van der Waals surface area contributed by atoms with Crippen molar-refractivity contribution >= 4 is 41.4 Å². The number of carbonyl (C=O) groups excluding carboxylic acids is 4. The van der Waals surface area contributed by atoms with Crippen molar-refractivity contribution in [3.63, 3.8) is 0 Å². The van der Waals surface area contributed by atoms with Crippen LogP contribution < -0.4 is 21.1 Å². The molecule has 0 aliphatic carbocycles. The molecular formula is C47H57N9O7. The molecule has 1 aromatic heterocycles. The lowest BCUT2D eigenvalue weighted by Crippen LogP contribution is -2.41. The maximum absolute atomic E-state index is 13.3. The molecule has 5 N–H and O–H groups in total. The Morgan fingerprint density at radius 2 is 1.48 bits per heavy atom. The molecule has 0 saturated carbocycles. The summed E-state index contributed by atoms with van der Waals surface area (Å²) in [5.74, 6) is 1.28. The number of nitrogen functional groups attached to an aromatic ring is 1. The van der Waals surface area contributed by atoms with Gasteiger partial charge in [-0.1, -0.05) is 24.3 Å². The maximum Gasteiger partial charge on any atom is 0.262 e. The number of para-hydroxylation sites is 1. The Balaban J connectivity index is 0.754. The summed E-state index contributed by atoms with van der Waals surface area (Å²) in [5, 5.41) is 15.0. The van der Waals surface area contributed by atoms with Gasteiger partial charge >= 0.3 is 0 Å². The van der Waals surface area contributed by atoms with E-state index < -0.39 is 17.9 Å². The summed E-state index contributed by atoms with van der Waals surface area (Å²) >= 11 is 0. The standard InChI is InChI=1S/C47H57N9O7/c1-50-41(58)14-10-36(30-57)56-46(59)39-13-9-34(29-40(39)47(56)60)32-15-19-54(20-16-32)23-25-61-27-28-62-26-24-55-21-17-35(18-22-55)53-45-42(44(49)51-31-52-45)43(48)33-7-11-38(12-8-33)63-37-5-3-2-4-6-37/h2-9,11-13,29-32,35-36,48H,10,14-28H2,1H3,(H,50,58)(H3,49,51,52,53). The highest BCUT2D eigenvalue weighted by molar-refractivity contribution is 6.22. The smallest absolute Gasteiger partial charge is 0.262 e. The van der Waals surface area contributed by atoms with Crippen LogP contribution in [0.25, 0.3) is 0 Å². The van der Waals surface area contributed by atoms with E-state index in [1.165, 1.54) is 13.4 Å². The van der Waals surface area contributed by atoms with Crippen molar-refractivity contribution in [1.29, 1.82) is 5.41 Å². The number of rotatable bonds is 21. The highest BCUT2D eigenvalue weighted by Crippen LogP contribution is 2.33. The Bertz CT molecular complexity index is 2210. The molecule has 2 saturated heterocycles. The summed E-state index contributed by atoms with van der Waals surface area (Å²) in [6, 6.07) is 21.5. The molecule has 332 valence electrons. The molecule has 16 nitrogen and oxygen atoms in total. The molecule has 3 amide bonds. The van der Waals surface area contributed by atoms with Crippen molar-refractivity contribution in [2.24, 2.45) is 0 Å². The highest BCUT2D eigenvalue weighted by Gasteiger charge is 2.40. The molecule has 0 spiro atoms. The van der Waals surface area contributed by atoms with Gasteiger partial charge in [-0.2, -0.15) is 0 Å². The van der Waals surface area contributed by atoms with Crippen molar-refractivity contribution in [1.82, 2.24) is 30.0 Å². The van der Waals surface area contributed by atoms with Gasteiger partial charge in [0.05, 0.1) is 54.9 Å². The van der Waals surface area contributed by atoms with Crippen molar-refractivity contribution < 1.29 is 33.4 Å². The van der Waals surface area contributed by atoms with Gasteiger partial charge in [-0.05, 0) is 105 Å². The first kappa shape index (κ1) is 45.0. The number of benzene rings is 3. The van der Waals surface area contributed by atoms with Crippen LogP contribution in [-0.2, 0) is 19.1 Å². The molecule has 16 heteroatoms. The van der Waals surface area contributed by atoms with Crippen molar-refractivity contribution in [3.8, 4) is 11.5 Å². The SMILES string of the molecule is CNC(=O)CCC(C=O)N1C(=O)c2ccc(C3CCN(CCOCCOCCN4CCC(Nc5ncnc(N)c5C(=N)c5ccc(Oc6ccccc6)cc5)CC4)CC3)cc2C1=O. The summed E-state index contributed by atoms with van der Waals surface area (Å²) in [7, 11) is 1.50. The highest BCUT2D eigenvalue weighted by atomic mass is 16.5. The van der Waals surface area contributed by atoms with Crippen LogP contribution in [0.1, 0.15) is 81.8 Å². The largest absolute Gasteiger partial charge is 0.457 e. The monoisotopic (exact) mass is 859 g/mol. The molecule has 3 aliphatic rings. The van der Waals surface area contributed by atoms with E-state index in [2.05, 4.69) is 30.4 Å². The number of nitrogens with two attached hydrogens (primary N) is 1. The number of imide groups is 1. The Labute approximate surface area is 368 Å². The van der Waals surface area contributed by atoms with Gasteiger partial charge in [0.2, 0.25) is 5.91 Å². The molecule has 1 atom stereocenters. The summed E-state index contributed by atoms with van der Waals surface area (Å²) in [5.41, 5.74) is 9.37. The number of aldehydes is 1. The number of amides is 3.